The van der Waals surface area contributed by atoms with Crippen molar-refractivity contribution in [3.05, 3.63) is 42.0 Å². The van der Waals surface area contributed by atoms with E-state index in [9.17, 15) is 4.79 Å². The minimum absolute atomic E-state index is 0.176. The van der Waals surface area contributed by atoms with E-state index in [1.165, 1.54) is 42.6 Å². The number of rotatable bonds is 2. The lowest BCUT2D eigenvalue weighted by Gasteiger charge is -2.28. The van der Waals surface area contributed by atoms with E-state index in [0.717, 1.165) is 23.3 Å². The Labute approximate surface area is 118 Å². The number of benzene rings is 2. The molecule has 0 saturated carbocycles. The Balaban J connectivity index is 1.73. The molecule has 1 N–H and O–H groups in total. The molecule has 2 heterocycles. The normalized spacial score (nSPS) is 19.0. The van der Waals surface area contributed by atoms with E-state index in [2.05, 4.69) is 24.3 Å². The number of hydrogen-bond donors (Lipinski definition) is 1. The molecule has 1 saturated heterocycles. The SMILES string of the molecule is O=C1c2cccc3cccc(c23)N1C[NH+]1CCCCC1. The van der Waals surface area contributed by atoms with Gasteiger partial charge in [0.15, 0.2) is 6.67 Å². The van der Waals surface area contributed by atoms with Gasteiger partial charge in [-0.25, -0.2) is 0 Å². The van der Waals surface area contributed by atoms with E-state index < -0.39 is 0 Å². The predicted octanol–water partition coefficient (Wildman–Crippen LogP) is 1.83. The van der Waals surface area contributed by atoms with Gasteiger partial charge in [-0.2, -0.15) is 0 Å². The van der Waals surface area contributed by atoms with E-state index in [-0.39, 0.29) is 5.91 Å². The number of carbonyl (C=O) groups excluding carboxylic acids is 1. The molecule has 2 aromatic rings. The van der Waals surface area contributed by atoms with E-state index >= 15 is 0 Å². The van der Waals surface area contributed by atoms with Crippen LogP contribution < -0.4 is 9.80 Å². The van der Waals surface area contributed by atoms with Crippen LogP contribution in [-0.4, -0.2) is 25.7 Å². The Morgan fingerprint density at radius 3 is 2.55 bits per heavy atom. The van der Waals surface area contributed by atoms with Crippen molar-refractivity contribution in [2.24, 2.45) is 0 Å². The summed E-state index contributed by atoms with van der Waals surface area (Å²) in [5, 5.41) is 2.31. The molecule has 0 atom stereocenters. The third-order valence-electron chi connectivity index (χ3n) is 4.59. The number of hydrogen-bond acceptors (Lipinski definition) is 1. The first kappa shape index (κ1) is 11.9. The average molecular weight is 267 g/mol. The first-order valence-electron chi connectivity index (χ1n) is 7.52. The van der Waals surface area contributed by atoms with Crippen molar-refractivity contribution in [2.75, 3.05) is 24.7 Å². The second-order valence-corrected chi connectivity index (χ2v) is 5.88. The fourth-order valence-corrected chi connectivity index (χ4v) is 3.57. The highest BCUT2D eigenvalue weighted by atomic mass is 16.2. The van der Waals surface area contributed by atoms with Crippen molar-refractivity contribution in [2.45, 2.75) is 19.3 Å². The van der Waals surface area contributed by atoms with Crippen LogP contribution >= 0.6 is 0 Å². The summed E-state index contributed by atoms with van der Waals surface area (Å²) in [5.74, 6) is 0.176. The van der Waals surface area contributed by atoms with E-state index in [0.29, 0.717) is 0 Å². The molecule has 0 radical (unpaired) electrons. The van der Waals surface area contributed by atoms with Crippen LogP contribution in [0.4, 0.5) is 5.69 Å². The molecule has 2 aliphatic rings. The Bertz CT molecular complexity index is 668. The van der Waals surface area contributed by atoms with Gasteiger partial charge in [0.05, 0.1) is 24.3 Å². The number of piperidine rings is 1. The van der Waals surface area contributed by atoms with Crippen LogP contribution in [0.15, 0.2) is 36.4 Å². The summed E-state index contributed by atoms with van der Waals surface area (Å²) in [5.41, 5.74) is 1.97. The second kappa shape index (κ2) is 4.60. The number of amides is 1. The molecule has 20 heavy (non-hydrogen) atoms. The van der Waals surface area contributed by atoms with Crippen LogP contribution in [0.25, 0.3) is 10.8 Å². The molecule has 1 fully saturated rings. The van der Waals surface area contributed by atoms with Gasteiger partial charge >= 0.3 is 0 Å². The van der Waals surface area contributed by atoms with Crippen LogP contribution in [0.2, 0.25) is 0 Å². The number of nitrogens with one attached hydrogen (secondary N) is 1. The van der Waals surface area contributed by atoms with Gasteiger partial charge in [-0.05, 0) is 36.8 Å². The molecule has 0 bridgehead atoms. The van der Waals surface area contributed by atoms with Crippen LogP contribution in [0.1, 0.15) is 29.6 Å². The van der Waals surface area contributed by atoms with Crippen molar-refractivity contribution in [3.63, 3.8) is 0 Å². The summed E-state index contributed by atoms with van der Waals surface area (Å²) in [6.45, 7) is 3.19. The topological polar surface area (TPSA) is 24.8 Å². The van der Waals surface area contributed by atoms with E-state index in [1.54, 1.807) is 0 Å². The quantitative estimate of drug-likeness (QED) is 0.882. The second-order valence-electron chi connectivity index (χ2n) is 5.88. The van der Waals surface area contributed by atoms with Crippen molar-refractivity contribution >= 4 is 22.4 Å². The minimum Gasteiger partial charge on any atom is -0.317 e. The molecule has 4 rings (SSSR count). The molecule has 3 nitrogen and oxygen atoms in total. The molecule has 0 spiro atoms. The summed E-state index contributed by atoms with van der Waals surface area (Å²) >= 11 is 0. The standard InChI is InChI=1S/C17H18N2O/c20-17-14-8-4-6-13-7-5-9-15(16(13)14)19(17)12-18-10-2-1-3-11-18/h4-9H,1-3,10-12H2/p+1. The number of nitrogens with zero attached hydrogens (tertiary/aromatic N) is 1. The summed E-state index contributed by atoms with van der Waals surface area (Å²) < 4.78 is 0. The van der Waals surface area contributed by atoms with Gasteiger partial charge in [-0.1, -0.05) is 24.3 Å². The van der Waals surface area contributed by atoms with Gasteiger partial charge in [0.25, 0.3) is 5.91 Å². The third-order valence-corrected chi connectivity index (χ3v) is 4.59. The largest absolute Gasteiger partial charge is 0.317 e. The molecule has 1 amide bonds. The van der Waals surface area contributed by atoms with Gasteiger partial charge in [0.1, 0.15) is 0 Å². The van der Waals surface area contributed by atoms with Gasteiger partial charge in [-0.3, -0.25) is 9.69 Å². The summed E-state index contributed by atoms with van der Waals surface area (Å²) in [4.78, 5) is 16.2. The molecule has 0 aliphatic carbocycles. The fraction of sp³-hybridized carbons (Fsp3) is 0.353. The molecular formula is C17H19N2O+. The number of carbonyl (C=O) groups is 1. The molecule has 0 unspecified atom stereocenters. The van der Waals surface area contributed by atoms with Crippen molar-refractivity contribution in [1.82, 2.24) is 0 Å². The highest BCUT2D eigenvalue weighted by Crippen LogP contribution is 2.36. The lowest BCUT2D eigenvalue weighted by Crippen LogP contribution is -3.14. The Kier molecular flexibility index (Phi) is 2.74. The molecule has 2 aliphatic heterocycles. The average Bonchev–Trinajstić information content (AvgIpc) is 2.77. The van der Waals surface area contributed by atoms with Crippen LogP contribution in [0, 0.1) is 0 Å². The molecule has 3 heteroatoms. The first-order chi connectivity index (χ1) is 9.84. The predicted molar refractivity (Wildman–Crippen MR) is 80.2 cm³/mol. The minimum atomic E-state index is 0.176. The Morgan fingerprint density at radius 2 is 1.75 bits per heavy atom. The highest BCUT2D eigenvalue weighted by Gasteiger charge is 2.32. The number of anilines is 1. The third kappa shape index (κ3) is 1.74. The van der Waals surface area contributed by atoms with Gasteiger partial charge < -0.3 is 4.90 Å². The zero-order chi connectivity index (χ0) is 13.5. The van der Waals surface area contributed by atoms with E-state index in [1.807, 2.05) is 17.0 Å². The van der Waals surface area contributed by atoms with Gasteiger partial charge in [0.2, 0.25) is 0 Å². The summed E-state index contributed by atoms with van der Waals surface area (Å²) in [6, 6.07) is 12.3. The highest BCUT2D eigenvalue weighted by molar-refractivity contribution is 6.24. The maximum atomic E-state index is 12.7. The lowest BCUT2D eigenvalue weighted by atomic mass is 10.1. The molecule has 102 valence electrons. The van der Waals surface area contributed by atoms with Crippen LogP contribution in [0.3, 0.4) is 0 Å². The summed E-state index contributed by atoms with van der Waals surface area (Å²) in [7, 11) is 0. The Morgan fingerprint density at radius 1 is 1.00 bits per heavy atom. The van der Waals surface area contributed by atoms with E-state index in [4.69, 9.17) is 0 Å². The number of quaternary nitrogens is 1. The zero-order valence-corrected chi connectivity index (χ0v) is 11.6. The van der Waals surface area contributed by atoms with Crippen molar-refractivity contribution in [3.8, 4) is 0 Å². The van der Waals surface area contributed by atoms with Gasteiger partial charge in [-0.15, -0.1) is 0 Å². The Hall–Kier alpha value is -1.87. The molecular weight excluding hydrogens is 248 g/mol. The smallest absolute Gasteiger partial charge is 0.263 e. The summed E-state index contributed by atoms with van der Waals surface area (Å²) in [6.07, 6.45) is 3.91. The monoisotopic (exact) mass is 267 g/mol. The fourth-order valence-electron chi connectivity index (χ4n) is 3.57. The lowest BCUT2D eigenvalue weighted by molar-refractivity contribution is -0.903. The van der Waals surface area contributed by atoms with Crippen LogP contribution in [0.5, 0.6) is 0 Å². The maximum absolute atomic E-state index is 12.7. The number of likely N-dealkylation sites (tertiary alicyclic amines) is 1. The van der Waals surface area contributed by atoms with Crippen LogP contribution in [-0.2, 0) is 0 Å². The zero-order valence-electron chi connectivity index (χ0n) is 11.6. The molecule has 0 aromatic heterocycles. The van der Waals surface area contributed by atoms with Gasteiger partial charge in [0, 0.05) is 5.39 Å². The van der Waals surface area contributed by atoms with Crippen molar-refractivity contribution in [1.29, 1.82) is 0 Å². The molecule has 2 aromatic carbocycles. The first-order valence-corrected chi connectivity index (χ1v) is 7.52. The van der Waals surface area contributed by atoms with Crippen molar-refractivity contribution < 1.29 is 9.69 Å². The maximum Gasteiger partial charge on any atom is 0.263 e.